The first-order valence-corrected chi connectivity index (χ1v) is 10.2. The van der Waals surface area contributed by atoms with Gasteiger partial charge in [-0.2, -0.15) is 0 Å². The molecule has 0 bridgehead atoms. The zero-order valence-corrected chi connectivity index (χ0v) is 16.8. The van der Waals surface area contributed by atoms with E-state index in [1.54, 1.807) is 0 Å². The maximum atomic E-state index is 10.5. The number of alkyl halides is 1. The minimum absolute atomic E-state index is 0.0265. The Morgan fingerprint density at radius 3 is 2.52 bits per heavy atom. The summed E-state index contributed by atoms with van der Waals surface area (Å²) in [7, 11) is 0. The summed E-state index contributed by atoms with van der Waals surface area (Å²) in [6.07, 6.45) is 5.99. The van der Waals surface area contributed by atoms with Gasteiger partial charge in [0.1, 0.15) is 0 Å². The molecule has 1 aliphatic carbocycles. The highest BCUT2D eigenvalue weighted by Crippen LogP contribution is 2.45. The zero-order valence-electron chi connectivity index (χ0n) is 16.1. The maximum absolute atomic E-state index is 10.5. The second-order valence-corrected chi connectivity index (χ2v) is 8.42. The van der Waals surface area contributed by atoms with Crippen LogP contribution < -0.4 is 0 Å². The molecule has 5 atom stereocenters. The van der Waals surface area contributed by atoms with Crippen LogP contribution in [0.15, 0.2) is 36.4 Å². The fourth-order valence-electron chi connectivity index (χ4n) is 3.87. The van der Waals surface area contributed by atoms with E-state index in [-0.39, 0.29) is 29.6 Å². The third-order valence-electron chi connectivity index (χ3n) is 5.44. The van der Waals surface area contributed by atoms with Gasteiger partial charge in [-0.15, -0.1) is 11.6 Å². The molecule has 0 saturated heterocycles. The molecule has 0 heterocycles. The normalized spacial score (nSPS) is 26.7. The zero-order chi connectivity index (χ0) is 20.0. The van der Waals surface area contributed by atoms with E-state index in [1.807, 2.05) is 44.2 Å². The molecule has 1 fully saturated rings. The number of rotatable bonds is 9. The van der Waals surface area contributed by atoms with Gasteiger partial charge >= 0.3 is 5.97 Å². The molecule has 1 unspecified atom stereocenters. The van der Waals surface area contributed by atoms with E-state index in [1.165, 1.54) is 0 Å². The number of hydrogen-bond acceptors (Lipinski definition) is 3. The van der Waals surface area contributed by atoms with E-state index in [4.69, 9.17) is 16.7 Å². The molecule has 0 aromatic heterocycles. The Balaban J connectivity index is 2.02. The molecule has 1 aromatic rings. The number of carbonyl (C=O) groups is 1. The quantitative estimate of drug-likeness (QED) is 0.323. The lowest BCUT2D eigenvalue weighted by atomic mass is 9.84. The van der Waals surface area contributed by atoms with Gasteiger partial charge in [0.15, 0.2) is 0 Å². The monoisotopic (exact) mass is 394 g/mol. The largest absolute Gasteiger partial charge is 0.481 e. The lowest BCUT2D eigenvalue weighted by Crippen LogP contribution is -2.18. The van der Waals surface area contributed by atoms with Gasteiger partial charge in [-0.05, 0) is 48.6 Å². The van der Waals surface area contributed by atoms with Crippen LogP contribution in [0.1, 0.15) is 69.1 Å². The Bertz CT molecular complexity index is 626. The first kappa shape index (κ1) is 21.9. The summed E-state index contributed by atoms with van der Waals surface area (Å²) in [5.74, 6) is -0.506. The van der Waals surface area contributed by atoms with Gasteiger partial charge in [-0.25, -0.2) is 0 Å². The van der Waals surface area contributed by atoms with Crippen molar-refractivity contribution < 1.29 is 20.1 Å². The van der Waals surface area contributed by atoms with Crippen molar-refractivity contribution >= 4 is 17.6 Å². The minimum atomic E-state index is -0.769. The van der Waals surface area contributed by atoms with Crippen LogP contribution in [0.25, 0.3) is 0 Å². The van der Waals surface area contributed by atoms with Gasteiger partial charge in [0, 0.05) is 17.7 Å². The number of benzene rings is 1. The number of aliphatic hydroxyl groups excluding tert-OH is 2. The van der Waals surface area contributed by atoms with Crippen molar-refractivity contribution in [3.8, 4) is 0 Å². The first-order chi connectivity index (χ1) is 12.8. The number of halogens is 1. The molecule has 1 saturated carbocycles. The van der Waals surface area contributed by atoms with Crippen LogP contribution >= 0.6 is 11.6 Å². The number of aliphatic carboxylic acids is 1. The topological polar surface area (TPSA) is 77.8 Å². The summed E-state index contributed by atoms with van der Waals surface area (Å²) < 4.78 is 0. The van der Waals surface area contributed by atoms with Crippen LogP contribution in [0.5, 0.6) is 0 Å². The van der Waals surface area contributed by atoms with Gasteiger partial charge in [0.05, 0.1) is 12.2 Å². The molecule has 0 aliphatic heterocycles. The molecule has 0 spiro atoms. The number of hydrogen-bond donors (Lipinski definition) is 3. The van der Waals surface area contributed by atoms with Crippen molar-refractivity contribution in [3.63, 3.8) is 0 Å². The molecule has 150 valence electrons. The van der Waals surface area contributed by atoms with Crippen molar-refractivity contribution in [3.05, 3.63) is 47.5 Å². The second kappa shape index (κ2) is 10.3. The molecule has 0 radical (unpaired) electrons. The summed E-state index contributed by atoms with van der Waals surface area (Å²) in [5, 5.41) is 29.3. The summed E-state index contributed by atoms with van der Waals surface area (Å²) in [6.45, 7) is 3.96. The van der Waals surface area contributed by atoms with E-state index in [2.05, 4.69) is 6.08 Å². The average molecular weight is 395 g/mol. The second-order valence-electron chi connectivity index (χ2n) is 7.86. The molecule has 5 heteroatoms. The Hall–Kier alpha value is -1.36. The molecule has 1 aromatic carbocycles. The molecule has 1 aliphatic rings. The average Bonchev–Trinajstić information content (AvgIpc) is 2.90. The van der Waals surface area contributed by atoms with Crippen molar-refractivity contribution in [2.75, 3.05) is 0 Å². The van der Waals surface area contributed by atoms with Crippen LogP contribution in [0, 0.1) is 11.8 Å². The number of allylic oxidation sites excluding steroid dienone is 2. The standard InChI is InChI=1S/C22H31ClO4/c1-14(2)22(27)16-11-9-15(10-12-16)21-17(18(23)13-19(21)24)7-5-3-4-6-8-20(25)26/h3,5,9-12,14,17-19,21-22,24,27H,4,6-8,13H2,1-2H3,(H,25,26)/t17-,18+,19+,21+,22?/m0/s1. The van der Waals surface area contributed by atoms with Crippen LogP contribution in [0.2, 0.25) is 0 Å². The van der Waals surface area contributed by atoms with Crippen molar-refractivity contribution in [2.45, 2.75) is 69.5 Å². The molecule has 0 amide bonds. The predicted molar refractivity (Wildman–Crippen MR) is 108 cm³/mol. The van der Waals surface area contributed by atoms with E-state index in [9.17, 15) is 15.0 Å². The van der Waals surface area contributed by atoms with Crippen molar-refractivity contribution in [2.24, 2.45) is 11.8 Å². The first-order valence-electron chi connectivity index (χ1n) is 9.78. The van der Waals surface area contributed by atoms with Crippen LogP contribution in [0.4, 0.5) is 0 Å². The Morgan fingerprint density at radius 2 is 1.93 bits per heavy atom. The molecule has 3 N–H and O–H groups in total. The highest BCUT2D eigenvalue weighted by Gasteiger charge is 2.41. The van der Waals surface area contributed by atoms with E-state index < -0.39 is 18.2 Å². The SMILES string of the molecule is CC(C)C(O)c1ccc([C@@H]2[C@@H](CC=CCCCC(=O)O)[C@H](Cl)C[C@H]2O)cc1. The summed E-state index contributed by atoms with van der Waals surface area (Å²) in [6, 6.07) is 7.86. The Morgan fingerprint density at radius 1 is 1.26 bits per heavy atom. The van der Waals surface area contributed by atoms with E-state index in [0.717, 1.165) is 24.0 Å². The Labute approximate surface area is 166 Å². The predicted octanol–water partition coefficient (Wildman–Crippen LogP) is 4.65. The third-order valence-corrected chi connectivity index (χ3v) is 5.94. The molecular weight excluding hydrogens is 364 g/mol. The van der Waals surface area contributed by atoms with Crippen molar-refractivity contribution in [1.82, 2.24) is 0 Å². The third kappa shape index (κ3) is 6.06. The fraction of sp³-hybridized carbons (Fsp3) is 0.591. The van der Waals surface area contributed by atoms with Gasteiger partial charge in [-0.3, -0.25) is 4.79 Å². The molecule has 27 heavy (non-hydrogen) atoms. The van der Waals surface area contributed by atoms with E-state index in [0.29, 0.717) is 12.8 Å². The highest BCUT2D eigenvalue weighted by molar-refractivity contribution is 6.21. The Kier molecular flexibility index (Phi) is 8.33. The lowest BCUT2D eigenvalue weighted by Gasteiger charge is -2.24. The summed E-state index contributed by atoms with van der Waals surface area (Å²) >= 11 is 6.51. The van der Waals surface area contributed by atoms with Gasteiger partial charge < -0.3 is 15.3 Å². The number of carboxylic acid groups (broad SMARTS) is 1. The lowest BCUT2D eigenvalue weighted by molar-refractivity contribution is -0.137. The van der Waals surface area contributed by atoms with Crippen molar-refractivity contribution in [1.29, 1.82) is 0 Å². The minimum Gasteiger partial charge on any atom is -0.481 e. The number of carboxylic acids is 1. The summed E-state index contributed by atoms with van der Waals surface area (Å²) in [4.78, 5) is 10.5. The van der Waals surface area contributed by atoms with Gasteiger partial charge in [-0.1, -0.05) is 50.3 Å². The number of unbranched alkanes of at least 4 members (excludes halogenated alkanes) is 1. The van der Waals surface area contributed by atoms with Crippen LogP contribution in [0.3, 0.4) is 0 Å². The maximum Gasteiger partial charge on any atom is 0.303 e. The molecular formula is C22H31ClO4. The van der Waals surface area contributed by atoms with Gasteiger partial charge in [0.2, 0.25) is 0 Å². The van der Waals surface area contributed by atoms with Crippen LogP contribution in [-0.2, 0) is 4.79 Å². The van der Waals surface area contributed by atoms with Gasteiger partial charge in [0.25, 0.3) is 0 Å². The fourth-order valence-corrected chi connectivity index (χ4v) is 4.31. The smallest absolute Gasteiger partial charge is 0.303 e. The van der Waals surface area contributed by atoms with E-state index >= 15 is 0 Å². The van der Waals surface area contributed by atoms with Crippen LogP contribution in [-0.4, -0.2) is 32.8 Å². The molecule has 4 nitrogen and oxygen atoms in total. The highest BCUT2D eigenvalue weighted by atomic mass is 35.5. The molecule has 2 rings (SSSR count). The number of aliphatic hydroxyl groups is 2. The summed E-state index contributed by atoms with van der Waals surface area (Å²) in [5.41, 5.74) is 1.94.